The van der Waals surface area contributed by atoms with E-state index in [1.807, 2.05) is 6.92 Å². The highest BCUT2D eigenvalue weighted by Crippen LogP contribution is 2.17. The summed E-state index contributed by atoms with van der Waals surface area (Å²) in [5, 5.41) is 16.1. The number of carboxylic acid groups (broad SMARTS) is 1. The first-order valence-electron chi connectivity index (χ1n) is 5.37. The van der Waals surface area contributed by atoms with Gasteiger partial charge in [-0.25, -0.2) is 14.3 Å². The molecule has 2 rings (SSSR count). The zero-order valence-electron chi connectivity index (χ0n) is 9.71. The second-order valence-electron chi connectivity index (χ2n) is 4.06. The number of aliphatic carboxylic acids is 1. The van der Waals surface area contributed by atoms with Gasteiger partial charge in [-0.15, -0.1) is 0 Å². The van der Waals surface area contributed by atoms with E-state index in [4.69, 9.17) is 5.11 Å². The van der Waals surface area contributed by atoms with Crippen LogP contribution in [-0.4, -0.2) is 31.2 Å². The molecule has 0 aromatic carbocycles. The molecular formula is C11H14N4O2. The number of nitrogens with zero attached hydrogens (tertiary/aromatic N) is 3. The normalized spacial score (nSPS) is 14.5. The van der Waals surface area contributed by atoms with Gasteiger partial charge in [0.2, 0.25) is 0 Å². The highest BCUT2D eigenvalue weighted by atomic mass is 16.4. The van der Waals surface area contributed by atoms with Gasteiger partial charge in [-0.1, -0.05) is 6.92 Å². The van der Waals surface area contributed by atoms with Gasteiger partial charge in [-0.3, -0.25) is 0 Å². The summed E-state index contributed by atoms with van der Waals surface area (Å²) >= 11 is 0. The molecule has 0 spiro atoms. The van der Waals surface area contributed by atoms with Crippen molar-refractivity contribution in [3.8, 4) is 0 Å². The standard InChI is InChI=1S/C11H14N4O2/c1-3-11(2,10(16)17)14-8-5-7-15-9(13-8)4-6-12-15/h4-7H,3H2,1-2H3,(H,13,14)(H,16,17). The van der Waals surface area contributed by atoms with Gasteiger partial charge in [0.15, 0.2) is 5.65 Å². The molecule has 0 bridgehead atoms. The van der Waals surface area contributed by atoms with E-state index in [2.05, 4.69) is 15.4 Å². The molecule has 0 amide bonds. The average Bonchev–Trinajstić information content (AvgIpc) is 2.75. The Hall–Kier alpha value is -2.11. The van der Waals surface area contributed by atoms with E-state index in [9.17, 15) is 4.79 Å². The lowest BCUT2D eigenvalue weighted by Crippen LogP contribution is -2.42. The van der Waals surface area contributed by atoms with E-state index in [0.717, 1.165) is 0 Å². The highest BCUT2D eigenvalue weighted by molar-refractivity contribution is 5.81. The molecule has 6 nitrogen and oxygen atoms in total. The Morgan fingerprint density at radius 1 is 1.59 bits per heavy atom. The molecule has 0 fully saturated rings. The van der Waals surface area contributed by atoms with Crippen molar-refractivity contribution >= 4 is 17.4 Å². The minimum Gasteiger partial charge on any atom is -0.480 e. The van der Waals surface area contributed by atoms with Crippen LogP contribution in [0.2, 0.25) is 0 Å². The van der Waals surface area contributed by atoms with Gasteiger partial charge in [0.25, 0.3) is 0 Å². The summed E-state index contributed by atoms with van der Waals surface area (Å²) in [5.41, 5.74) is -0.329. The topological polar surface area (TPSA) is 79.5 Å². The molecule has 0 radical (unpaired) electrons. The largest absolute Gasteiger partial charge is 0.480 e. The Labute approximate surface area is 98.3 Å². The first-order valence-corrected chi connectivity index (χ1v) is 5.37. The number of hydrogen-bond acceptors (Lipinski definition) is 4. The number of aromatic nitrogens is 3. The first kappa shape index (κ1) is 11.4. The van der Waals surface area contributed by atoms with E-state index in [0.29, 0.717) is 17.9 Å². The van der Waals surface area contributed by atoms with Crippen LogP contribution < -0.4 is 5.32 Å². The smallest absolute Gasteiger partial charge is 0.329 e. The average molecular weight is 234 g/mol. The molecule has 0 saturated heterocycles. The molecule has 0 saturated carbocycles. The molecule has 17 heavy (non-hydrogen) atoms. The second kappa shape index (κ2) is 4.04. The van der Waals surface area contributed by atoms with Gasteiger partial charge >= 0.3 is 5.97 Å². The predicted octanol–water partition coefficient (Wildman–Crippen LogP) is 1.39. The summed E-state index contributed by atoms with van der Waals surface area (Å²) in [6.45, 7) is 3.45. The summed E-state index contributed by atoms with van der Waals surface area (Å²) < 4.78 is 1.62. The fraction of sp³-hybridized carbons (Fsp3) is 0.364. The molecule has 6 heteroatoms. The van der Waals surface area contributed by atoms with Crippen molar-refractivity contribution in [3.63, 3.8) is 0 Å². The molecule has 1 atom stereocenters. The molecule has 2 aromatic heterocycles. The zero-order valence-corrected chi connectivity index (χ0v) is 9.71. The van der Waals surface area contributed by atoms with Crippen LogP contribution in [0.4, 0.5) is 5.82 Å². The Balaban J connectivity index is 2.31. The number of fused-ring (bicyclic) bond motifs is 1. The SMILES string of the molecule is CCC(C)(Nc1ccn2nccc2n1)C(=O)O. The number of nitrogens with one attached hydrogen (secondary N) is 1. The number of carboxylic acids is 1. The Kier molecular flexibility index (Phi) is 2.71. The monoisotopic (exact) mass is 234 g/mol. The van der Waals surface area contributed by atoms with Crippen molar-refractivity contribution in [2.75, 3.05) is 5.32 Å². The van der Waals surface area contributed by atoms with E-state index in [1.54, 1.807) is 36.0 Å². The Bertz CT molecular complexity index is 551. The van der Waals surface area contributed by atoms with Gasteiger partial charge in [-0.05, 0) is 19.4 Å². The van der Waals surface area contributed by atoms with Crippen molar-refractivity contribution < 1.29 is 9.90 Å². The van der Waals surface area contributed by atoms with Crippen LogP contribution in [0, 0.1) is 0 Å². The van der Waals surface area contributed by atoms with Crippen molar-refractivity contribution in [2.45, 2.75) is 25.8 Å². The van der Waals surface area contributed by atoms with E-state index >= 15 is 0 Å². The Morgan fingerprint density at radius 2 is 2.35 bits per heavy atom. The van der Waals surface area contributed by atoms with Crippen LogP contribution in [0.1, 0.15) is 20.3 Å². The highest BCUT2D eigenvalue weighted by Gasteiger charge is 2.31. The summed E-state index contributed by atoms with van der Waals surface area (Å²) in [4.78, 5) is 15.4. The van der Waals surface area contributed by atoms with Crippen molar-refractivity contribution in [3.05, 3.63) is 24.5 Å². The van der Waals surface area contributed by atoms with Crippen molar-refractivity contribution in [1.82, 2.24) is 14.6 Å². The summed E-state index contributed by atoms with van der Waals surface area (Å²) in [6.07, 6.45) is 3.85. The number of rotatable bonds is 4. The third-order valence-electron chi connectivity index (χ3n) is 2.84. The molecule has 1 unspecified atom stereocenters. The first-order chi connectivity index (χ1) is 8.05. The summed E-state index contributed by atoms with van der Waals surface area (Å²) in [5.74, 6) is -0.361. The maximum absolute atomic E-state index is 11.2. The predicted molar refractivity (Wildman–Crippen MR) is 62.9 cm³/mol. The minimum absolute atomic E-state index is 0.467. The number of carbonyl (C=O) groups is 1. The van der Waals surface area contributed by atoms with Crippen molar-refractivity contribution in [2.24, 2.45) is 0 Å². The fourth-order valence-corrected chi connectivity index (χ4v) is 1.46. The molecule has 2 aromatic rings. The maximum atomic E-state index is 11.2. The number of anilines is 1. The molecule has 0 aliphatic carbocycles. The lowest BCUT2D eigenvalue weighted by molar-refractivity contribution is -0.141. The van der Waals surface area contributed by atoms with Crippen LogP contribution in [0.25, 0.3) is 5.65 Å². The van der Waals surface area contributed by atoms with Gasteiger partial charge in [0.1, 0.15) is 11.4 Å². The van der Waals surface area contributed by atoms with Crippen LogP contribution in [0.5, 0.6) is 0 Å². The number of hydrogen-bond donors (Lipinski definition) is 2. The van der Waals surface area contributed by atoms with Crippen molar-refractivity contribution in [1.29, 1.82) is 0 Å². The van der Waals surface area contributed by atoms with Gasteiger partial charge in [-0.2, -0.15) is 5.10 Å². The molecular weight excluding hydrogens is 220 g/mol. The molecule has 90 valence electrons. The van der Waals surface area contributed by atoms with E-state index in [1.165, 1.54) is 0 Å². The zero-order chi connectivity index (χ0) is 12.5. The van der Waals surface area contributed by atoms with E-state index in [-0.39, 0.29) is 0 Å². The van der Waals surface area contributed by atoms with Crippen LogP contribution in [-0.2, 0) is 4.79 Å². The van der Waals surface area contributed by atoms with Crippen LogP contribution in [0.3, 0.4) is 0 Å². The summed E-state index contributed by atoms with van der Waals surface area (Å²) in [7, 11) is 0. The van der Waals surface area contributed by atoms with Crippen LogP contribution in [0.15, 0.2) is 24.5 Å². The lowest BCUT2D eigenvalue weighted by Gasteiger charge is -2.25. The molecule has 0 aliphatic heterocycles. The lowest BCUT2D eigenvalue weighted by atomic mass is 9.99. The fourth-order valence-electron chi connectivity index (χ4n) is 1.46. The quantitative estimate of drug-likeness (QED) is 0.835. The van der Waals surface area contributed by atoms with Gasteiger partial charge in [0, 0.05) is 12.3 Å². The second-order valence-corrected chi connectivity index (χ2v) is 4.06. The van der Waals surface area contributed by atoms with Crippen LogP contribution >= 0.6 is 0 Å². The van der Waals surface area contributed by atoms with Gasteiger partial charge in [0.05, 0.1) is 6.20 Å². The Morgan fingerprint density at radius 3 is 3.00 bits per heavy atom. The summed E-state index contributed by atoms with van der Waals surface area (Å²) in [6, 6.07) is 3.46. The molecule has 2 N–H and O–H groups in total. The molecule has 2 heterocycles. The van der Waals surface area contributed by atoms with Gasteiger partial charge < -0.3 is 10.4 Å². The maximum Gasteiger partial charge on any atom is 0.329 e. The molecule has 0 aliphatic rings. The minimum atomic E-state index is -1.01. The third kappa shape index (κ3) is 2.06. The van der Waals surface area contributed by atoms with E-state index < -0.39 is 11.5 Å². The third-order valence-corrected chi connectivity index (χ3v) is 2.84.